The summed E-state index contributed by atoms with van der Waals surface area (Å²) in [4.78, 5) is 10.8. The highest BCUT2D eigenvalue weighted by molar-refractivity contribution is 7.88. The zero-order chi connectivity index (χ0) is 17.8. The molecule has 10 heteroatoms. The molecule has 0 aliphatic heterocycles. The molecule has 0 amide bonds. The lowest BCUT2D eigenvalue weighted by atomic mass is 10.0. The number of carbonyl (C=O) groups excluding carboxylic acids is 1. The number of benzene rings is 1. The fourth-order valence-electron chi connectivity index (χ4n) is 1.62. The topological polar surface area (TPSA) is 78.9 Å². The summed E-state index contributed by atoms with van der Waals surface area (Å²) < 4.78 is 73.0. The largest absolute Gasteiger partial charge is 0.534 e. The van der Waals surface area contributed by atoms with Crippen molar-refractivity contribution < 1.29 is 40.0 Å². The van der Waals surface area contributed by atoms with Crippen LogP contribution < -0.4 is 4.18 Å². The number of hydrogen-bond donors (Lipinski definition) is 0. The van der Waals surface area contributed by atoms with Crippen LogP contribution in [0, 0.1) is 13.8 Å². The van der Waals surface area contributed by atoms with Crippen LogP contribution in [0.15, 0.2) is 12.1 Å². The molecule has 0 fully saturated rings. The van der Waals surface area contributed by atoms with Crippen molar-refractivity contribution in [3.8, 4) is 5.75 Å². The van der Waals surface area contributed by atoms with Crippen LogP contribution in [-0.4, -0.2) is 33.8 Å². The first-order chi connectivity index (χ1) is 10.5. The number of ether oxygens (including phenoxy) is 2. The van der Waals surface area contributed by atoms with E-state index in [2.05, 4.69) is 13.7 Å². The minimum Gasteiger partial charge on any atom is -0.438 e. The van der Waals surface area contributed by atoms with Gasteiger partial charge in [-0.15, -0.1) is 0 Å². The van der Waals surface area contributed by atoms with Gasteiger partial charge in [0.1, 0.15) is 5.75 Å². The predicted molar refractivity (Wildman–Crippen MR) is 73.6 cm³/mol. The van der Waals surface area contributed by atoms with E-state index in [1.165, 1.54) is 13.0 Å². The van der Waals surface area contributed by atoms with Crippen molar-refractivity contribution in [2.75, 3.05) is 13.7 Å². The number of methoxy groups -OCH3 is 1. The van der Waals surface area contributed by atoms with Crippen molar-refractivity contribution in [3.05, 3.63) is 28.8 Å². The molecule has 0 saturated carbocycles. The van der Waals surface area contributed by atoms with E-state index in [-0.39, 0.29) is 24.2 Å². The lowest BCUT2D eigenvalue weighted by Gasteiger charge is -2.16. The molecule has 1 rings (SSSR count). The monoisotopic (exact) mass is 356 g/mol. The third kappa shape index (κ3) is 4.75. The molecule has 0 saturated heterocycles. The van der Waals surface area contributed by atoms with Gasteiger partial charge in [0.15, 0.2) is 0 Å². The molecule has 0 spiro atoms. The number of alkyl halides is 3. The predicted octanol–water partition coefficient (Wildman–Crippen LogP) is 2.86. The molecule has 0 aliphatic carbocycles. The average molecular weight is 356 g/mol. The number of halogens is 3. The molecule has 0 unspecified atom stereocenters. The van der Waals surface area contributed by atoms with Gasteiger partial charge in [-0.2, -0.15) is 21.6 Å². The Kier molecular flexibility index (Phi) is 5.86. The molecule has 1 aromatic carbocycles. The fraction of sp³-hybridized carbons (Fsp3) is 0.462. The molecule has 0 aromatic heterocycles. The molecule has 0 atom stereocenters. The molecule has 23 heavy (non-hydrogen) atoms. The first kappa shape index (κ1) is 19.1. The van der Waals surface area contributed by atoms with Crippen molar-refractivity contribution in [2.24, 2.45) is 0 Å². The first-order valence-corrected chi connectivity index (χ1v) is 7.71. The van der Waals surface area contributed by atoms with Gasteiger partial charge in [-0.05, 0) is 30.5 Å². The summed E-state index contributed by atoms with van der Waals surface area (Å²) >= 11 is 0. The summed E-state index contributed by atoms with van der Waals surface area (Å²) in [6.45, 7) is 2.82. The Hall–Kier alpha value is -1.97. The van der Waals surface area contributed by atoms with Crippen LogP contribution >= 0.6 is 0 Å². The van der Waals surface area contributed by atoms with E-state index in [1.54, 1.807) is 13.0 Å². The van der Waals surface area contributed by atoms with Gasteiger partial charge in [-0.3, -0.25) is 0 Å². The summed E-state index contributed by atoms with van der Waals surface area (Å²) in [5, 5.41) is 0. The van der Waals surface area contributed by atoms with E-state index in [9.17, 15) is 26.4 Å². The smallest absolute Gasteiger partial charge is 0.438 e. The Labute approximate surface area is 131 Å². The third-order valence-electron chi connectivity index (χ3n) is 2.99. The SMILES string of the molecule is COC(=O)OCCc1ccc(C)c(C)c1OS(=O)(=O)C(F)(F)F. The summed E-state index contributed by atoms with van der Waals surface area (Å²) in [7, 11) is -4.69. The zero-order valence-corrected chi connectivity index (χ0v) is 13.4. The number of carbonyl (C=O) groups is 1. The van der Waals surface area contributed by atoms with Crippen molar-refractivity contribution in [3.63, 3.8) is 0 Å². The Morgan fingerprint density at radius 2 is 1.83 bits per heavy atom. The molecule has 0 bridgehead atoms. The molecule has 0 aliphatic rings. The van der Waals surface area contributed by atoms with Gasteiger partial charge in [0.2, 0.25) is 0 Å². The second kappa shape index (κ2) is 7.07. The average Bonchev–Trinajstić information content (AvgIpc) is 2.44. The molecule has 1 aromatic rings. The summed E-state index contributed by atoms with van der Waals surface area (Å²) in [5.74, 6) is -0.421. The minimum atomic E-state index is -5.79. The van der Waals surface area contributed by atoms with Gasteiger partial charge >= 0.3 is 21.8 Å². The molecular weight excluding hydrogens is 341 g/mol. The molecule has 0 N–H and O–H groups in total. The van der Waals surface area contributed by atoms with Crippen molar-refractivity contribution >= 4 is 16.3 Å². The Balaban J connectivity index is 3.10. The molecular formula is C13H15F3O6S. The van der Waals surface area contributed by atoms with Gasteiger partial charge in [0.25, 0.3) is 0 Å². The van der Waals surface area contributed by atoms with Crippen LogP contribution in [0.2, 0.25) is 0 Å². The Morgan fingerprint density at radius 1 is 1.22 bits per heavy atom. The van der Waals surface area contributed by atoms with E-state index < -0.39 is 27.5 Å². The normalized spacial score (nSPS) is 11.9. The molecule has 0 heterocycles. The lowest BCUT2D eigenvalue weighted by molar-refractivity contribution is -0.0500. The van der Waals surface area contributed by atoms with Gasteiger partial charge in [-0.25, -0.2) is 4.79 Å². The number of hydrogen-bond acceptors (Lipinski definition) is 6. The molecule has 6 nitrogen and oxygen atoms in total. The third-order valence-corrected chi connectivity index (χ3v) is 3.95. The van der Waals surface area contributed by atoms with E-state index in [0.29, 0.717) is 5.56 Å². The van der Waals surface area contributed by atoms with Crippen molar-refractivity contribution in [1.29, 1.82) is 0 Å². The van der Waals surface area contributed by atoms with Crippen LogP contribution in [0.1, 0.15) is 16.7 Å². The van der Waals surface area contributed by atoms with E-state index in [4.69, 9.17) is 0 Å². The Bertz CT molecular complexity index is 682. The Morgan fingerprint density at radius 3 is 2.35 bits per heavy atom. The maximum absolute atomic E-state index is 12.5. The van der Waals surface area contributed by atoms with Gasteiger partial charge in [-0.1, -0.05) is 12.1 Å². The minimum absolute atomic E-state index is 0.0427. The zero-order valence-electron chi connectivity index (χ0n) is 12.6. The van der Waals surface area contributed by atoms with Gasteiger partial charge in [0, 0.05) is 6.42 Å². The van der Waals surface area contributed by atoms with Crippen LogP contribution in [0.5, 0.6) is 5.75 Å². The number of rotatable bonds is 5. The van der Waals surface area contributed by atoms with Gasteiger partial charge < -0.3 is 13.7 Å². The van der Waals surface area contributed by atoms with Crippen molar-refractivity contribution in [2.45, 2.75) is 25.8 Å². The van der Waals surface area contributed by atoms with E-state index in [1.807, 2.05) is 0 Å². The van der Waals surface area contributed by atoms with Crippen LogP contribution in [0.3, 0.4) is 0 Å². The van der Waals surface area contributed by atoms with E-state index >= 15 is 0 Å². The highest BCUT2D eigenvalue weighted by Crippen LogP contribution is 2.33. The summed E-state index contributed by atoms with van der Waals surface area (Å²) in [5.41, 5.74) is -4.59. The second-order valence-electron chi connectivity index (χ2n) is 4.53. The summed E-state index contributed by atoms with van der Waals surface area (Å²) in [6.07, 6.45) is -1.00. The number of aryl methyl sites for hydroxylation is 1. The van der Waals surface area contributed by atoms with E-state index in [0.717, 1.165) is 7.11 Å². The van der Waals surface area contributed by atoms with Gasteiger partial charge in [0.05, 0.1) is 13.7 Å². The molecule has 130 valence electrons. The molecule has 0 radical (unpaired) electrons. The fourth-order valence-corrected chi connectivity index (χ4v) is 2.17. The first-order valence-electron chi connectivity index (χ1n) is 6.30. The maximum Gasteiger partial charge on any atom is 0.534 e. The highest BCUT2D eigenvalue weighted by Gasteiger charge is 2.49. The quantitative estimate of drug-likeness (QED) is 0.459. The van der Waals surface area contributed by atoms with Crippen LogP contribution in [0.4, 0.5) is 18.0 Å². The van der Waals surface area contributed by atoms with Crippen LogP contribution in [-0.2, 0) is 26.0 Å². The lowest BCUT2D eigenvalue weighted by Crippen LogP contribution is -2.28. The maximum atomic E-state index is 12.5. The summed E-state index contributed by atoms with van der Waals surface area (Å²) in [6, 6.07) is 3.00. The highest BCUT2D eigenvalue weighted by atomic mass is 32.2. The standard InChI is InChI=1S/C13H15F3O6S/c1-8-4-5-10(6-7-21-12(17)20-3)11(9(8)2)22-23(18,19)13(14,15)16/h4-5H,6-7H2,1-3H3. The van der Waals surface area contributed by atoms with Crippen LogP contribution in [0.25, 0.3) is 0 Å². The van der Waals surface area contributed by atoms with Crippen molar-refractivity contribution in [1.82, 2.24) is 0 Å². The second-order valence-corrected chi connectivity index (χ2v) is 6.07.